The first kappa shape index (κ1) is 26.4. The van der Waals surface area contributed by atoms with Gasteiger partial charge in [0.05, 0.1) is 0 Å². The molecule has 0 heterocycles. The number of unbranched alkanes of at least 4 members (excludes halogenated alkanes) is 2. The predicted octanol–water partition coefficient (Wildman–Crippen LogP) is 7.40. The third-order valence-electron chi connectivity index (χ3n) is 6.16. The Labute approximate surface area is 208 Å². The van der Waals surface area contributed by atoms with Gasteiger partial charge in [-0.3, -0.25) is 0 Å². The van der Waals surface area contributed by atoms with Crippen molar-refractivity contribution in [1.82, 2.24) is 0 Å². The standard InChI is InChI=1S/C31H36FNO2/c1-4-5-6-8-24-12-16-29(30(32)19-24)26-15-17-28(27(20-26)21-35-31(34)22(2)3)25-13-10-23(11-14-25)9-7-18-33/h10-17,19-20H,2,4-9,18,21,33H2,1,3H3. The van der Waals surface area contributed by atoms with Gasteiger partial charge in [0, 0.05) is 11.1 Å². The van der Waals surface area contributed by atoms with Crippen LogP contribution in [0, 0.1) is 5.82 Å². The molecule has 0 aliphatic carbocycles. The van der Waals surface area contributed by atoms with Crippen LogP contribution in [0.3, 0.4) is 0 Å². The zero-order valence-electron chi connectivity index (χ0n) is 20.9. The molecule has 0 atom stereocenters. The molecule has 0 saturated carbocycles. The fourth-order valence-electron chi connectivity index (χ4n) is 4.11. The number of esters is 1. The van der Waals surface area contributed by atoms with Gasteiger partial charge in [-0.25, -0.2) is 9.18 Å². The van der Waals surface area contributed by atoms with E-state index in [0.717, 1.165) is 66.3 Å². The van der Waals surface area contributed by atoms with Crippen LogP contribution >= 0.6 is 0 Å². The van der Waals surface area contributed by atoms with Crippen molar-refractivity contribution in [2.45, 2.75) is 59.0 Å². The molecule has 2 N–H and O–H groups in total. The van der Waals surface area contributed by atoms with Gasteiger partial charge in [-0.15, -0.1) is 0 Å². The maximum atomic E-state index is 15.1. The fourth-order valence-corrected chi connectivity index (χ4v) is 4.11. The van der Waals surface area contributed by atoms with E-state index in [1.807, 2.05) is 30.3 Å². The van der Waals surface area contributed by atoms with E-state index in [2.05, 4.69) is 37.8 Å². The van der Waals surface area contributed by atoms with Crippen molar-refractivity contribution in [2.24, 2.45) is 5.73 Å². The summed E-state index contributed by atoms with van der Waals surface area (Å²) in [6.45, 7) is 8.19. The number of hydrogen-bond acceptors (Lipinski definition) is 3. The Morgan fingerprint density at radius 1 is 0.886 bits per heavy atom. The number of halogens is 1. The Kier molecular flexibility index (Phi) is 9.80. The third-order valence-corrected chi connectivity index (χ3v) is 6.16. The number of hydrogen-bond donors (Lipinski definition) is 1. The molecule has 0 aromatic heterocycles. The lowest BCUT2D eigenvalue weighted by atomic mass is 9.93. The lowest BCUT2D eigenvalue weighted by molar-refractivity contribution is -0.140. The van der Waals surface area contributed by atoms with Gasteiger partial charge in [0.1, 0.15) is 12.4 Å². The summed E-state index contributed by atoms with van der Waals surface area (Å²) in [6.07, 6.45) is 6.11. The molecule has 3 nitrogen and oxygen atoms in total. The zero-order chi connectivity index (χ0) is 25.2. The number of carbonyl (C=O) groups is 1. The van der Waals surface area contributed by atoms with Crippen LogP contribution in [-0.2, 0) is 29.0 Å². The SMILES string of the molecule is C=C(C)C(=O)OCc1cc(-c2ccc(CCCCC)cc2F)ccc1-c1ccc(CCCN)cc1. The molecule has 0 fully saturated rings. The highest BCUT2D eigenvalue weighted by Gasteiger charge is 2.13. The smallest absolute Gasteiger partial charge is 0.333 e. The van der Waals surface area contributed by atoms with Gasteiger partial charge in [-0.05, 0) is 84.7 Å². The molecule has 0 unspecified atom stereocenters. The molecule has 3 aromatic carbocycles. The van der Waals surface area contributed by atoms with Crippen LogP contribution < -0.4 is 5.73 Å². The van der Waals surface area contributed by atoms with Crippen LogP contribution in [0.1, 0.15) is 56.2 Å². The van der Waals surface area contributed by atoms with Gasteiger partial charge in [0.25, 0.3) is 0 Å². The first-order chi connectivity index (χ1) is 16.9. The molecule has 0 aliphatic rings. The van der Waals surface area contributed by atoms with Gasteiger partial charge in [0.2, 0.25) is 0 Å². The fraction of sp³-hybridized carbons (Fsp3) is 0.323. The molecule has 0 saturated heterocycles. The summed E-state index contributed by atoms with van der Waals surface area (Å²) >= 11 is 0. The van der Waals surface area contributed by atoms with Gasteiger partial charge in [-0.2, -0.15) is 0 Å². The normalized spacial score (nSPS) is 10.9. The summed E-state index contributed by atoms with van der Waals surface area (Å²) < 4.78 is 20.5. The van der Waals surface area contributed by atoms with Crippen molar-refractivity contribution in [2.75, 3.05) is 6.54 Å². The Bertz CT molecular complexity index is 1150. The first-order valence-corrected chi connectivity index (χ1v) is 12.5. The molecule has 0 radical (unpaired) electrons. The summed E-state index contributed by atoms with van der Waals surface area (Å²) in [6, 6.07) is 19.6. The van der Waals surface area contributed by atoms with E-state index in [4.69, 9.17) is 10.5 Å². The van der Waals surface area contributed by atoms with Crippen LogP contribution in [0.2, 0.25) is 0 Å². The minimum Gasteiger partial charge on any atom is -0.457 e. The molecule has 3 rings (SSSR count). The molecule has 4 heteroatoms. The van der Waals surface area contributed by atoms with E-state index in [1.165, 1.54) is 5.56 Å². The van der Waals surface area contributed by atoms with Crippen molar-refractivity contribution in [1.29, 1.82) is 0 Å². The monoisotopic (exact) mass is 473 g/mol. The van der Waals surface area contributed by atoms with E-state index in [9.17, 15) is 4.79 Å². The average Bonchev–Trinajstić information content (AvgIpc) is 2.86. The maximum absolute atomic E-state index is 15.1. The van der Waals surface area contributed by atoms with Crippen LogP contribution in [-0.4, -0.2) is 12.5 Å². The van der Waals surface area contributed by atoms with E-state index >= 15 is 4.39 Å². The van der Waals surface area contributed by atoms with Crippen LogP contribution in [0.25, 0.3) is 22.3 Å². The second-order valence-electron chi connectivity index (χ2n) is 9.09. The van der Waals surface area contributed by atoms with Crippen molar-refractivity contribution >= 4 is 5.97 Å². The second kappa shape index (κ2) is 13.0. The molecule has 0 amide bonds. The molecule has 0 bridgehead atoms. The van der Waals surface area contributed by atoms with Gasteiger partial charge < -0.3 is 10.5 Å². The van der Waals surface area contributed by atoms with Crippen molar-refractivity contribution in [3.05, 3.63) is 95.3 Å². The molecular weight excluding hydrogens is 437 g/mol. The molecule has 184 valence electrons. The highest BCUT2D eigenvalue weighted by Crippen LogP contribution is 2.32. The Morgan fingerprint density at radius 3 is 2.20 bits per heavy atom. The van der Waals surface area contributed by atoms with Crippen LogP contribution in [0.4, 0.5) is 4.39 Å². The quantitative estimate of drug-likeness (QED) is 0.169. The minimum atomic E-state index is -0.443. The lowest BCUT2D eigenvalue weighted by Gasteiger charge is -2.14. The average molecular weight is 474 g/mol. The van der Waals surface area contributed by atoms with Crippen LogP contribution in [0.5, 0.6) is 0 Å². The number of benzene rings is 3. The topological polar surface area (TPSA) is 52.3 Å². The number of carbonyl (C=O) groups excluding carboxylic acids is 1. The summed E-state index contributed by atoms with van der Waals surface area (Å²) in [7, 11) is 0. The molecule has 35 heavy (non-hydrogen) atoms. The van der Waals surface area contributed by atoms with Crippen molar-refractivity contribution in [3.63, 3.8) is 0 Å². The van der Waals surface area contributed by atoms with Crippen molar-refractivity contribution < 1.29 is 13.9 Å². The van der Waals surface area contributed by atoms with Gasteiger partial charge in [-0.1, -0.05) is 74.9 Å². The van der Waals surface area contributed by atoms with Crippen molar-refractivity contribution in [3.8, 4) is 22.3 Å². The zero-order valence-corrected chi connectivity index (χ0v) is 20.9. The lowest BCUT2D eigenvalue weighted by Crippen LogP contribution is -2.06. The summed E-state index contributed by atoms with van der Waals surface area (Å²) in [4.78, 5) is 12.1. The second-order valence-corrected chi connectivity index (χ2v) is 9.09. The number of aryl methyl sites for hydroxylation is 2. The van der Waals surface area contributed by atoms with E-state index < -0.39 is 5.97 Å². The summed E-state index contributed by atoms with van der Waals surface area (Å²) in [5, 5.41) is 0. The van der Waals surface area contributed by atoms with Crippen LogP contribution in [0.15, 0.2) is 72.8 Å². The minimum absolute atomic E-state index is 0.0838. The molecule has 0 aliphatic heterocycles. The Balaban J connectivity index is 1.92. The highest BCUT2D eigenvalue weighted by molar-refractivity contribution is 5.87. The van der Waals surface area contributed by atoms with Gasteiger partial charge in [0.15, 0.2) is 0 Å². The summed E-state index contributed by atoms with van der Waals surface area (Å²) in [5.41, 5.74) is 12.3. The Hall–Kier alpha value is -3.24. The largest absolute Gasteiger partial charge is 0.457 e. The maximum Gasteiger partial charge on any atom is 0.333 e. The molecular formula is C31H36FNO2. The molecule has 0 spiro atoms. The van der Waals surface area contributed by atoms with Gasteiger partial charge >= 0.3 is 5.97 Å². The summed E-state index contributed by atoms with van der Waals surface area (Å²) in [5.74, 6) is -0.679. The first-order valence-electron chi connectivity index (χ1n) is 12.5. The molecule has 3 aromatic rings. The third kappa shape index (κ3) is 7.37. The highest BCUT2D eigenvalue weighted by atomic mass is 19.1. The number of ether oxygens (including phenoxy) is 1. The Morgan fingerprint density at radius 2 is 1.54 bits per heavy atom. The van der Waals surface area contributed by atoms with E-state index in [0.29, 0.717) is 17.7 Å². The van der Waals surface area contributed by atoms with E-state index in [-0.39, 0.29) is 12.4 Å². The van der Waals surface area contributed by atoms with E-state index in [1.54, 1.807) is 13.0 Å². The number of nitrogens with two attached hydrogens (primary N) is 1. The predicted molar refractivity (Wildman–Crippen MR) is 142 cm³/mol. The number of rotatable bonds is 12.